The van der Waals surface area contributed by atoms with Crippen LogP contribution in [0.3, 0.4) is 0 Å². The van der Waals surface area contributed by atoms with Crippen molar-refractivity contribution in [2.75, 3.05) is 36.1 Å². The van der Waals surface area contributed by atoms with Crippen LogP contribution < -0.4 is 21.3 Å². The van der Waals surface area contributed by atoms with Crippen LogP contribution in [0.25, 0.3) is 0 Å². The summed E-state index contributed by atoms with van der Waals surface area (Å²) in [6.45, 7) is 2.17. The fourth-order valence-electron chi connectivity index (χ4n) is 4.09. The van der Waals surface area contributed by atoms with Gasteiger partial charge >= 0.3 is 6.03 Å². The third-order valence-corrected chi connectivity index (χ3v) is 6.24. The van der Waals surface area contributed by atoms with Crippen LogP contribution in [0.2, 0.25) is 5.02 Å². The maximum atomic E-state index is 13.3. The molecule has 8 heteroatoms. The highest BCUT2D eigenvalue weighted by molar-refractivity contribution is 6.30. The second-order valence-electron chi connectivity index (χ2n) is 8.50. The predicted molar refractivity (Wildman–Crippen MR) is 142 cm³/mol. The van der Waals surface area contributed by atoms with Gasteiger partial charge in [0, 0.05) is 41.6 Å². The molecule has 7 nitrogen and oxygen atoms in total. The number of nitrogens with zero attached hydrogens (tertiary/aromatic N) is 1. The van der Waals surface area contributed by atoms with E-state index in [2.05, 4.69) is 21.3 Å². The molecule has 1 atom stereocenters. The number of urea groups is 1. The molecule has 3 amide bonds. The molecule has 0 aliphatic carbocycles. The van der Waals surface area contributed by atoms with Crippen molar-refractivity contribution in [1.29, 1.82) is 0 Å². The molecule has 3 aromatic rings. The van der Waals surface area contributed by atoms with Gasteiger partial charge in [0.2, 0.25) is 5.91 Å². The number of hydrogen-bond acceptors (Lipinski definition) is 4. The lowest BCUT2D eigenvalue weighted by Gasteiger charge is -2.36. The summed E-state index contributed by atoms with van der Waals surface area (Å²) in [4.78, 5) is 28.1. The van der Waals surface area contributed by atoms with Crippen LogP contribution in [0.4, 0.5) is 21.9 Å². The SMILES string of the molecule is CNCCCNc1ccc(NC(=O)C2Cc3ccccc3CN2C(=O)Nc2ccc(Cl)cc2)cc1. The summed E-state index contributed by atoms with van der Waals surface area (Å²) in [5, 5.41) is 13.0. The van der Waals surface area contributed by atoms with Crippen molar-refractivity contribution >= 4 is 40.6 Å². The van der Waals surface area contributed by atoms with Crippen molar-refractivity contribution in [2.45, 2.75) is 25.4 Å². The monoisotopic (exact) mass is 491 g/mol. The average Bonchev–Trinajstić information content (AvgIpc) is 2.88. The summed E-state index contributed by atoms with van der Waals surface area (Å²) < 4.78 is 0. The highest BCUT2D eigenvalue weighted by Crippen LogP contribution is 2.26. The molecule has 4 rings (SSSR count). The molecule has 0 radical (unpaired) electrons. The fourth-order valence-corrected chi connectivity index (χ4v) is 4.22. The predicted octanol–water partition coefficient (Wildman–Crippen LogP) is 4.96. The highest BCUT2D eigenvalue weighted by atomic mass is 35.5. The molecule has 0 saturated carbocycles. The third kappa shape index (κ3) is 6.53. The van der Waals surface area contributed by atoms with E-state index in [0.717, 1.165) is 36.3 Å². The Hall–Kier alpha value is -3.55. The molecular weight excluding hydrogens is 462 g/mol. The first-order valence-corrected chi connectivity index (χ1v) is 12.1. The number of rotatable bonds is 8. The van der Waals surface area contributed by atoms with Gasteiger partial charge in [0.1, 0.15) is 6.04 Å². The van der Waals surface area contributed by atoms with Crippen LogP contribution in [-0.4, -0.2) is 43.0 Å². The van der Waals surface area contributed by atoms with E-state index < -0.39 is 6.04 Å². The Balaban J connectivity index is 1.46. The van der Waals surface area contributed by atoms with E-state index in [-0.39, 0.29) is 11.9 Å². The zero-order chi connectivity index (χ0) is 24.6. The van der Waals surface area contributed by atoms with E-state index in [4.69, 9.17) is 11.6 Å². The second-order valence-corrected chi connectivity index (χ2v) is 8.94. The maximum Gasteiger partial charge on any atom is 0.322 e. The number of amides is 3. The van der Waals surface area contributed by atoms with Crippen LogP contribution in [-0.2, 0) is 17.8 Å². The van der Waals surface area contributed by atoms with E-state index in [0.29, 0.717) is 29.4 Å². The molecule has 1 heterocycles. The van der Waals surface area contributed by atoms with Crippen LogP contribution >= 0.6 is 11.6 Å². The Labute approximate surface area is 210 Å². The standard InChI is InChI=1S/C27H30ClN5O2/c1-29-15-4-16-30-22-11-13-23(14-12-22)31-26(34)25-17-19-5-2-3-6-20(19)18-33(25)27(35)32-24-9-7-21(28)8-10-24/h2-3,5-14,25,29-30H,4,15-18H2,1H3,(H,31,34)(H,32,35). The van der Waals surface area contributed by atoms with E-state index in [1.165, 1.54) is 0 Å². The molecule has 1 unspecified atom stereocenters. The van der Waals surface area contributed by atoms with Gasteiger partial charge in [-0.05, 0) is 79.7 Å². The smallest absolute Gasteiger partial charge is 0.322 e. The van der Waals surface area contributed by atoms with Gasteiger partial charge in [-0.1, -0.05) is 35.9 Å². The number of carbonyl (C=O) groups excluding carboxylic acids is 2. The molecule has 0 fully saturated rings. The normalized spacial score (nSPS) is 14.7. The molecule has 4 N–H and O–H groups in total. The minimum Gasteiger partial charge on any atom is -0.385 e. The first kappa shape index (κ1) is 24.6. The molecule has 3 aromatic carbocycles. The molecule has 0 saturated heterocycles. The van der Waals surface area contributed by atoms with Crippen LogP contribution in [0.5, 0.6) is 0 Å². The maximum absolute atomic E-state index is 13.3. The van der Waals surface area contributed by atoms with Gasteiger partial charge in [0.15, 0.2) is 0 Å². The summed E-state index contributed by atoms with van der Waals surface area (Å²) in [6.07, 6.45) is 1.47. The number of carbonyl (C=O) groups is 2. The number of nitrogens with one attached hydrogen (secondary N) is 4. The summed E-state index contributed by atoms with van der Waals surface area (Å²) >= 11 is 5.96. The lowest BCUT2D eigenvalue weighted by atomic mass is 9.93. The highest BCUT2D eigenvalue weighted by Gasteiger charge is 2.34. The van der Waals surface area contributed by atoms with Crippen molar-refractivity contribution in [2.24, 2.45) is 0 Å². The Morgan fingerprint density at radius 2 is 1.49 bits per heavy atom. The summed E-state index contributed by atoms with van der Waals surface area (Å²) in [7, 11) is 1.94. The van der Waals surface area contributed by atoms with E-state index >= 15 is 0 Å². The van der Waals surface area contributed by atoms with Gasteiger partial charge in [-0.2, -0.15) is 0 Å². The molecule has 0 spiro atoms. The van der Waals surface area contributed by atoms with Crippen molar-refractivity contribution in [3.63, 3.8) is 0 Å². The summed E-state index contributed by atoms with van der Waals surface area (Å²) in [6, 6.07) is 21.5. The Morgan fingerprint density at radius 1 is 0.857 bits per heavy atom. The van der Waals surface area contributed by atoms with Crippen molar-refractivity contribution < 1.29 is 9.59 Å². The number of anilines is 3. The van der Waals surface area contributed by atoms with Crippen LogP contribution in [0.1, 0.15) is 17.5 Å². The van der Waals surface area contributed by atoms with E-state index in [1.54, 1.807) is 29.2 Å². The number of benzene rings is 3. The zero-order valence-electron chi connectivity index (χ0n) is 19.7. The molecule has 35 heavy (non-hydrogen) atoms. The lowest BCUT2D eigenvalue weighted by Crippen LogP contribution is -2.52. The van der Waals surface area contributed by atoms with Gasteiger partial charge in [0.05, 0.1) is 0 Å². The topological polar surface area (TPSA) is 85.5 Å². The van der Waals surface area contributed by atoms with Crippen LogP contribution in [0.15, 0.2) is 72.8 Å². The fraction of sp³-hybridized carbons (Fsp3) is 0.259. The number of halogens is 1. The minimum atomic E-state index is -0.642. The minimum absolute atomic E-state index is 0.222. The van der Waals surface area contributed by atoms with Crippen molar-refractivity contribution in [1.82, 2.24) is 10.2 Å². The van der Waals surface area contributed by atoms with E-state index in [1.807, 2.05) is 55.6 Å². The first-order chi connectivity index (χ1) is 17.0. The lowest BCUT2D eigenvalue weighted by molar-refractivity contribution is -0.120. The molecule has 1 aliphatic heterocycles. The zero-order valence-corrected chi connectivity index (χ0v) is 20.4. The first-order valence-electron chi connectivity index (χ1n) is 11.7. The third-order valence-electron chi connectivity index (χ3n) is 5.99. The van der Waals surface area contributed by atoms with Crippen LogP contribution in [0, 0.1) is 0 Å². The Kier molecular flexibility index (Phi) is 8.23. The summed E-state index contributed by atoms with van der Waals surface area (Å²) in [5.74, 6) is -0.222. The quantitative estimate of drug-likeness (QED) is 0.335. The summed E-state index contributed by atoms with van der Waals surface area (Å²) in [5.41, 5.74) is 4.42. The largest absolute Gasteiger partial charge is 0.385 e. The van der Waals surface area contributed by atoms with Gasteiger partial charge in [-0.25, -0.2) is 4.79 Å². The van der Waals surface area contributed by atoms with Crippen molar-refractivity contribution in [3.05, 3.63) is 88.9 Å². The average molecular weight is 492 g/mol. The van der Waals surface area contributed by atoms with Gasteiger partial charge in [-0.15, -0.1) is 0 Å². The van der Waals surface area contributed by atoms with Gasteiger partial charge in [-0.3, -0.25) is 4.79 Å². The van der Waals surface area contributed by atoms with E-state index in [9.17, 15) is 9.59 Å². The second kappa shape index (κ2) is 11.7. The molecule has 182 valence electrons. The van der Waals surface area contributed by atoms with Gasteiger partial charge in [0.25, 0.3) is 0 Å². The number of hydrogen-bond donors (Lipinski definition) is 4. The Morgan fingerprint density at radius 3 is 2.20 bits per heavy atom. The molecular formula is C27H30ClN5O2. The van der Waals surface area contributed by atoms with Crippen molar-refractivity contribution in [3.8, 4) is 0 Å². The molecule has 1 aliphatic rings. The molecule has 0 aromatic heterocycles. The molecule has 0 bridgehead atoms. The van der Waals surface area contributed by atoms with Gasteiger partial charge < -0.3 is 26.2 Å². The Bertz CT molecular complexity index is 1150. The number of fused-ring (bicyclic) bond motifs is 1.